The van der Waals surface area contributed by atoms with Crippen molar-refractivity contribution in [2.24, 2.45) is 0 Å². The van der Waals surface area contributed by atoms with Gasteiger partial charge in [0, 0.05) is 0 Å². The summed E-state index contributed by atoms with van der Waals surface area (Å²) >= 11 is 0. The molecule has 1 rings (SSSR count). The van der Waals surface area contributed by atoms with Gasteiger partial charge >= 0.3 is 11.8 Å². The molecule has 0 aliphatic rings. The molecule has 0 fully saturated rings. The first-order valence-corrected chi connectivity index (χ1v) is 2.99. The second-order valence-electron chi connectivity index (χ2n) is 2.00. The Labute approximate surface area is 66.4 Å². The van der Waals surface area contributed by atoms with E-state index < -0.39 is 17.4 Å². The van der Waals surface area contributed by atoms with Crippen molar-refractivity contribution in [3.05, 3.63) is 22.4 Å². The molecule has 0 spiro atoms. The summed E-state index contributed by atoms with van der Waals surface area (Å²) in [6, 6.07) is 1.14. The lowest BCUT2D eigenvalue weighted by atomic mass is 10.6. The van der Waals surface area contributed by atoms with Crippen molar-refractivity contribution < 1.29 is 14.8 Å². The number of rotatable bonds is 3. The summed E-state index contributed by atoms with van der Waals surface area (Å²) in [4.78, 5) is 19.7. The third kappa shape index (κ3) is 1.57. The van der Waals surface area contributed by atoms with Crippen LogP contribution in [-0.4, -0.2) is 25.8 Å². The highest BCUT2D eigenvalue weighted by Crippen LogP contribution is 2.08. The lowest BCUT2D eigenvalue weighted by Crippen LogP contribution is -2.12. The Balaban J connectivity index is 2.91. The molecule has 0 aliphatic carbocycles. The zero-order chi connectivity index (χ0) is 9.14. The number of aromatic nitrogens is 2. The second-order valence-corrected chi connectivity index (χ2v) is 2.00. The molecule has 0 unspecified atom stereocenters. The monoisotopic (exact) mass is 171 g/mol. The van der Waals surface area contributed by atoms with Gasteiger partial charge in [-0.05, 0) is 4.92 Å². The van der Waals surface area contributed by atoms with Gasteiger partial charge in [-0.1, -0.05) is 5.10 Å². The summed E-state index contributed by atoms with van der Waals surface area (Å²) in [5, 5.41) is 22.0. The van der Waals surface area contributed by atoms with E-state index >= 15 is 0 Å². The highest BCUT2D eigenvalue weighted by atomic mass is 16.6. The summed E-state index contributed by atoms with van der Waals surface area (Å²) in [6.45, 7) is -0.497. The van der Waals surface area contributed by atoms with E-state index in [-0.39, 0.29) is 5.82 Å². The molecular weight excluding hydrogens is 166 g/mol. The predicted molar refractivity (Wildman–Crippen MR) is 36.5 cm³/mol. The number of carboxylic acid groups (broad SMARTS) is 1. The van der Waals surface area contributed by atoms with Gasteiger partial charge in [0.2, 0.25) is 6.54 Å². The van der Waals surface area contributed by atoms with E-state index in [1.165, 1.54) is 6.20 Å². The molecule has 1 heterocycles. The topological polar surface area (TPSA) is 98.3 Å². The van der Waals surface area contributed by atoms with Crippen LogP contribution in [0.4, 0.5) is 5.82 Å². The van der Waals surface area contributed by atoms with Gasteiger partial charge in [0.1, 0.15) is 0 Å². The van der Waals surface area contributed by atoms with Crippen LogP contribution in [0.2, 0.25) is 0 Å². The van der Waals surface area contributed by atoms with E-state index in [0.29, 0.717) is 0 Å². The van der Waals surface area contributed by atoms with Crippen LogP contribution in [0.3, 0.4) is 0 Å². The van der Waals surface area contributed by atoms with Gasteiger partial charge in [-0.2, -0.15) is 0 Å². The molecule has 1 aromatic rings. The quantitative estimate of drug-likeness (QED) is 0.504. The Kier molecular flexibility index (Phi) is 2.04. The molecule has 1 N–H and O–H groups in total. The molecule has 0 bridgehead atoms. The normalized spacial score (nSPS) is 9.67. The summed E-state index contributed by atoms with van der Waals surface area (Å²) in [5.74, 6) is -1.49. The number of nitrogens with zero attached hydrogens (tertiary/aromatic N) is 3. The highest BCUT2D eigenvalue weighted by Gasteiger charge is 2.15. The largest absolute Gasteiger partial charge is 0.478 e. The number of aliphatic carboxylic acids is 1. The van der Waals surface area contributed by atoms with Gasteiger partial charge in [-0.3, -0.25) is 0 Å². The fourth-order valence-electron chi connectivity index (χ4n) is 0.731. The number of carbonyl (C=O) groups is 1. The lowest BCUT2D eigenvalue weighted by molar-refractivity contribution is -0.392. The van der Waals surface area contributed by atoms with Crippen LogP contribution < -0.4 is 0 Å². The first-order valence-electron chi connectivity index (χ1n) is 2.99. The molecule has 1 aromatic heterocycles. The molecule has 0 radical (unpaired) electrons. The Morgan fingerprint density at radius 1 is 1.83 bits per heavy atom. The van der Waals surface area contributed by atoms with Crippen molar-refractivity contribution in [1.82, 2.24) is 9.78 Å². The van der Waals surface area contributed by atoms with Gasteiger partial charge in [0.05, 0.1) is 12.3 Å². The smallest absolute Gasteiger partial charge is 0.348 e. The van der Waals surface area contributed by atoms with E-state index in [4.69, 9.17) is 5.11 Å². The molecule has 7 nitrogen and oxygen atoms in total. The van der Waals surface area contributed by atoms with E-state index in [2.05, 4.69) is 5.10 Å². The first kappa shape index (κ1) is 8.18. The van der Waals surface area contributed by atoms with Gasteiger partial charge in [-0.15, -0.1) is 4.68 Å². The van der Waals surface area contributed by atoms with Gasteiger partial charge in [0.15, 0.2) is 0 Å². The van der Waals surface area contributed by atoms with Crippen molar-refractivity contribution >= 4 is 11.8 Å². The summed E-state index contributed by atoms with van der Waals surface area (Å²) in [5.41, 5.74) is 0. The fraction of sp³-hybridized carbons (Fsp3) is 0.200. The van der Waals surface area contributed by atoms with E-state index in [1.54, 1.807) is 0 Å². The van der Waals surface area contributed by atoms with Crippen LogP contribution in [0.1, 0.15) is 0 Å². The second kappa shape index (κ2) is 2.99. The van der Waals surface area contributed by atoms with Crippen LogP contribution in [-0.2, 0) is 11.3 Å². The molecule has 0 saturated heterocycles. The molecule has 0 aliphatic heterocycles. The van der Waals surface area contributed by atoms with Crippen molar-refractivity contribution in [1.29, 1.82) is 0 Å². The van der Waals surface area contributed by atoms with Crippen LogP contribution in [0.5, 0.6) is 0 Å². The molecule has 0 aromatic carbocycles. The molecule has 0 saturated carbocycles. The Hall–Kier alpha value is -1.92. The Morgan fingerprint density at radius 2 is 2.50 bits per heavy atom. The fourth-order valence-corrected chi connectivity index (χ4v) is 0.731. The molecule has 7 heteroatoms. The average Bonchev–Trinajstić information content (AvgIpc) is 2.33. The van der Waals surface area contributed by atoms with Crippen LogP contribution >= 0.6 is 0 Å². The van der Waals surface area contributed by atoms with Crippen LogP contribution in [0, 0.1) is 10.1 Å². The summed E-state index contributed by atoms with van der Waals surface area (Å²) in [7, 11) is 0. The minimum absolute atomic E-state index is 0.322. The predicted octanol–water partition coefficient (Wildman–Crippen LogP) is -0.124. The third-order valence-corrected chi connectivity index (χ3v) is 1.17. The SMILES string of the molecule is O=C(O)Cn1nccc1[N+](=O)[O-]. The van der Waals surface area contributed by atoms with Crippen molar-refractivity contribution in [3.63, 3.8) is 0 Å². The Bertz CT molecular complexity index is 318. The van der Waals surface area contributed by atoms with Crippen LogP contribution in [0.15, 0.2) is 12.3 Å². The maximum atomic E-state index is 10.2. The molecule has 12 heavy (non-hydrogen) atoms. The Morgan fingerprint density at radius 3 is 3.00 bits per heavy atom. The summed E-state index contributed by atoms with van der Waals surface area (Å²) < 4.78 is 0.808. The van der Waals surface area contributed by atoms with Gasteiger partial charge in [-0.25, -0.2) is 4.79 Å². The molecule has 64 valence electrons. The van der Waals surface area contributed by atoms with Crippen LogP contribution in [0.25, 0.3) is 0 Å². The molecular formula is C5H5N3O4. The minimum Gasteiger partial charge on any atom is -0.478 e. The van der Waals surface area contributed by atoms with E-state index in [0.717, 1.165) is 10.7 Å². The number of hydrogen-bond acceptors (Lipinski definition) is 4. The lowest BCUT2D eigenvalue weighted by Gasteiger charge is -1.94. The maximum Gasteiger partial charge on any atom is 0.348 e. The van der Waals surface area contributed by atoms with E-state index in [9.17, 15) is 14.9 Å². The number of nitro groups is 1. The first-order chi connectivity index (χ1) is 5.61. The maximum absolute atomic E-state index is 10.2. The standard InChI is InChI=1S/C5H5N3O4/c9-5(10)3-7-4(8(11)12)1-2-6-7/h1-2H,3H2,(H,9,10). The average molecular weight is 171 g/mol. The molecule has 0 atom stereocenters. The molecule has 0 amide bonds. The van der Waals surface area contributed by atoms with Crippen molar-refractivity contribution in [3.8, 4) is 0 Å². The highest BCUT2D eigenvalue weighted by molar-refractivity contribution is 5.66. The zero-order valence-corrected chi connectivity index (χ0v) is 5.88. The van der Waals surface area contributed by atoms with E-state index in [1.807, 2.05) is 0 Å². The minimum atomic E-state index is -1.16. The van der Waals surface area contributed by atoms with Crippen molar-refractivity contribution in [2.45, 2.75) is 6.54 Å². The van der Waals surface area contributed by atoms with Crippen molar-refractivity contribution in [2.75, 3.05) is 0 Å². The van der Waals surface area contributed by atoms with Gasteiger partial charge in [0.25, 0.3) is 0 Å². The number of hydrogen-bond donors (Lipinski definition) is 1. The zero-order valence-electron chi connectivity index (χ0n) is 5.88. The number of carboxylic acids is 1. The third-order valence-electron chi connectivity index (χ3n) is 1.17. The van der Waals surface area contributed by atoms with Gasteiger partial charge < -0.3 is 15.2 Å². The summed E-state index contributed by atoms with van der Waals surface area (Å²) in [6.07, 6.45) is 1.18.